The van der Waals surface area contributed by atoms with Crippen LogP contribution in [0.2, 0.25) is 0 Å². The molecule has 0 aliphatic carbocycles. The van der Waals surface area contributed by atoms with Crippen molar-refractivity contribution in [2.24, 2.45) is 5.92 Å². The summed E-state index contributed by atoms with van der Waals surface area (Å²) in [5.74, 6) is -0.419. The van der Waals surface area contributed by atoms with Gasteiger partial charge in [-0.05, 0) is 43.1 Å². The highest BCUT2D eigenvalue weighted by molar-refractivity contribution is 5.18. The van der Waals surface area contributed by atoms with Crippen LogP contribution in [0.15, 0.2) is 18.2 Å². The Kier molecular flexibility index (Phi) is 4.69. The molecule has 0 bridgehead atoms. The largest absolute Gasteiger partial charge is 0.316 e. The molecule has 0 aromatic heterocycles. The molecule has 1 aromatic rings. The van der Waals surface area contributed by atoms with Gasteiger partial charge in [0.05, 0.1) is 0 Å². The van der Waals surface area contributed by atoms with Crippen LogP contribution in [0.4, 0.5) is 8.78 Å². The van der Waals surface area contributed by atoms with Crippen LogP contribution < -0.4 is 5.32 Å². The molecule has 1 nitrogen and oxygen atoms in total. The molecule has 84 valence electrons. The van der Waals surface area contributed by atoms with Crippen molar-refractivity contribution in [3.63, 3.8) is 0 Å². The molecule has 0 amide bonds. The number of nitrogens with one attached hydrogen (secondary N) is 1. The molecular weight excluding hydrogens is 196 g/mol. The Bertz CT molecular complexity index is 290. The maximum absolute atomic E-state index is 12.8. The predicted molar refractivity (Wildman–Crippen MR) is 57.8 cm³/mol. The molecule has 0 radical (unpaired) electrons. The predicted octanol–water partition coefficient (Wildman–Crippen LogP) is 2.75. The van der Waals surface area contributed by atoms with Crippen molar-refractivity contribution in [2.45, 2.75) is 20.3 Å². The van der Waals surface area contributed by atoms with E-state index in [1.807, 2.05) is 0 Å². The summed E-state index contributed by atoms with van der Waals surface area (Å²) in [7, 11) is 0. The lowest BCUT2D eigenvalue weighted by atomic mass is 10.1. The highest BCUT2D eigenvalue weighted by Crippen LogP contribution is 2.08. The summed E-state index contributed by atoms with van der Waals surface area (Å²) in [5, 5.41) is 3.23. The minimum Gasteiger partial charge on any atom is -0.316 e. The van der Waals surface area contributed by atoms with Gasteiger partial charge < -0.3 is 5.32 Å². The Morgan fingerprint density at radius 1 is 1.13 bits per heavy atom. The zero-order chi connectivity index (χ0) is 11.3. The first-order valence-corrected chi connectivity index (χ1v) is 5.23. The monoisotopic (exact) mass is 213 g/mol. The molecule has 0 saturated carbocycles. The van der Waals surface area contributed by atoms with Crippen molar-refractivity contribution in [3.8, 4) is 0 Å². The number of hydrogen-bond donors (Lipinski definition) is 1. The molecule has 3 heteroatoms. The van der Waals surface area contributed by atoms with E-state index in [4.69, 9.17) is 0 Å². The van der Waals surface area contributed by atoms with Crippen molar-refractivity contribution >= 4 is 0 Å². The lowest BCUT2D eigenvalue weighted by Crippen LogP contribution is -2.22. The molecule has 0 heterocycles. The SMILES string of the molecule is CC(C)CNCCc1cc(F)cc(F)c1. The molecule has 0 spiro atoms. The molecule has 0 atom stereocenters. The first kappa shape index (κ1) is 12.1. The first-order valence-electron chi connectivity index (χ1n) is 5.23. The summed E-state index contributed by atoms with van der Waals surface area (Å²) < 4.78 is 25.6. The van der Waals surface area contributed by atoms with Gasteiger partial charge in [0.1, 0.15) is 11.6 Å². The van der Waals surface area contributed by atoms with E-state index in [-0.39, 0.29) is 0 Å². The zero-order valence-corrected chi connectivity index (χ0v) is 9.19. The fraction of sp³-hybridized carbons (Fsp3) is 0.500. The Labute approximate surface area is 89.5 Å². The molecule has 15 heavy (non-hydrogen) atoms. The maximum atomic E-state index is 12.8. The van der Waals surface area contributed by atoms with Crippen LogP contribution in [0.3, 0.4) is 0 Å². The molecule has 1 rings (SSSR count). The van der Waals surface area contributed by atoms with Crippen LogP contribution in [0.25, 0.3) is 0 Å². The van der Waals surface area contributed by atoms with Gasteiger partial charge in [-0.15, -0.1) is 0 Å². The number of hydrogen-bond acceptors (Lipinski definition) is 1. The Morgan fingerprint density at radius 2 is 1.73 bits per heavy atom. The highest BCUT2D eigenvalue weighted by atomic mass is 19.1. The van der Waals surface area contributed by atoms with Gasteiger partial charge in [0.25, 0.3) is 0 Å². The second-order valence-corrected chi connectivity index (χ2v) is 4.13. The highest BCUT2D eigenvalue weighted by Gasteiger charge is 2.00. The van der Waals surface area contributed by atoms with Crippen LogP contribution >= 0.6 is 0 Å². The van der Waals surface area contributed by atoms with Crippen LogP contribution in [-0.2, 0) is 6.42 Å². The maximum Gasteiger partial charge on any atom is 0.126 e. The van der Waals surface area contributed by atoms with E-state index < -0.39 is 11.6 Å². The van der Waals surface area contributed by atoms with Gasteiger partial charge in [0.2, 0.25) is 0 Å². The third-order valence-electron chi connectivity index (χ3n) is 2.07. The fourth-order valence-corrected chi connectivity index (χ4v) is 1.38. The minimum atomic E-state index is -0.506. The van der Waals surface area contributed by atoms with Crippen LogP contribution in [-0.4, -0.2) is 13.1 Å². The van der Waals surface area contributed by atoms with Crippen molar-refractivity contribution in [1.29, 1.82) is 0 Å². The quantitative estimate of drug-likeness (QED) is 0.742. The number of halogens is 2. The standard InChI is InChI=1S/C12H17F2N/c1-9(2)8-15-4-3-10-5-11(13)7-12(14)6-10/h5-7,9,15H,3-4,8H2,1-2H3. The number of rotatable bonds is 5. The second-order valence-electron chi connectivity index (χ2n) is 4.13. The third-order valence-corrected chi connectivity index (χ3v) is 2.07. The smallest absolute Gasteiger partial charge is 0.126 e. The van der Waals surface area contributed by atoms with E-state index in [1.165, 1.54) is 12.1 Å². The third kappa shape index (κ3) is 4.88. The van der Waals surface area contributed by atoms with Crippen molar-refractivity contribution < 1.29 is 8.78 Å². The average molecular weight is 213 g/mol. The van der Waals surface area contributed by atoms with E-state index in [1.54, 1.807) is 0 Å². The molecule has 1 N–H and O–H groups in total. The van der Waals surface area contributed by atoms with E-state index in [2.05, 4.69) is 19.2 Å². The second kappa shape index (κ2) is 5.81. The summed E-state index contributed by atoms with van der Waals surface area (Å²) in [5.41, 5.74) is 0.698. The Morgan fingerprint density at radius 3 is 2.27 bits per heavy atom. The van der Waals surface area contributed by atoms with E-state index in [0.717, 1.165) is 19.2 Å². The van der Waals surface area contributed by atoms with E-state index in [9.17, 15) is 8.78 Å². The molecule has 0 fully saturated rings. The van der Waals surface area contributed by atoms with Crippen LogP contribution in [0.1, 0.15) is 19.4 Å². The van der Waals surface area contributed by atoms with Gasteiger partial charge in [0.15, 0.2) is 0 Å². The summed E-state index contributed by atoms with van der Waals surface area (Å²) in [4.78, 5) is 0. The van der Waals surface area contributed by atoms with Crippen molar-refractivity contribution in [3.05, 3.63) is 35.4 Å². The normalized spacial score (nSPS) is 11.0. The minimum absolute atomic E-state index is 0.506. The molecule has 0 saturated heterocycles. The van der Waals surface area contributed by atoms with Crippen molar-refractivity contribution in [2.75, 3.05) is 13.1 Å². The molecule has 1 aromatic carbocycles. The molecule has 0 aliphatic rings. The molecular formula is C12H17F2N. The average Bonchev–Trinajstić information content (AvgIpc) is 2.10. The summed E-state index contributed by atoms with van der Waals surface area (Å²) >= 11 is 0. The van der Waals surface area contributed by atoms with Gasteiger partial charge in [-0.3, -0.25) is 0 Å². The summed E-state index contributed by atoms with van der Waals surface area (Å²) in [6.45, 7) is 5.92. The lowest BCUT2D eigenvalue weighted by Gasteiger charge is -2.07. The van der Waals surface area contributed by atoms with Crippen LogP contribution in [0, 0.1) is 17.6 Å². The van der Waals surface area contributed by atoms with Gasteiger partial charge >= 0.3 is 0 Å². The Balaban J connectivity index is 2.37. The zero-order valence-electron chi connectivity index (χ0n) is 9.19. The summed E-state index contributed by atoms with van der Waals surface area (Å²) in [6, 6.07) is 3.64. The Hall–Kier alpha value is -0.960. The van der Waals surface area contributed by atoms with Crippen molar-refractivity contribution in [1.82, 2.24) is 5.32 Å². The summed E-state index contributed by atoms with van der Waals surface area (Å²) in [6.07, 6.45) is 0.654. The lowest BCUT2D eigenvalue weighted by molar-refractivity contribution is 0.549. The van der Waals surface area contributed by atoms with E-state index >= 15 is 0 Å². The number of benzene rings is 1. The van der Waals surface area contributed by atoms with Crippen LogP contribution in [0.5, 0.6) is 0 Å². The van der Waals surface area contributed by atoms with E-state index in [0.29, 0.717) is 17.9 Å². The molecule has 0 aliphatic heterocycles. The fourth-order valence-electron chi connectivity index (χ4n) is 1.38. The first-order chi connectivity index (χ1) is 7.08. The molecule has 0 unspecified atom stereocenters. The van der Waals surface area contributed by atoms with Gasteiger partial charge in [0, 0.05) is 6.07 Å². The van der Waals surface area contributed by atoms with Gasteiger partial charge in [-0.1, -0.05) is 13.8 Å². The van der Waals surface area contributed by atoms with Gasteiger partial charge in [-0.2, -0.15) is 0 Å². The van der Waals surface area contributed by atoms with Gasteiger partial charge in [-0.25, -0.2) is 8.78 Å². The topological polar surface area (TPSA) is 12.0 Å².